The van der Waals surface area contributed by atoms with E-state index in [4.69, 9.17) is 4.74 Å². The Labute approximate surface area is 129 Å². The lowest BCUT2D eigenvalue weighted by Gasteiger charge is -2.40. The van der Waals surface area contributed by atoms with Gasteiger partial charge in [0.1, 0.15) is 0 Å². The van der Waals surface area contributed by atoms with E-state index in [2.05, 4.69) is 24.1 Å². The normalized spacial score (nSPS) is 16.3. The van der Waals surface area contributed by atoms with Gasteiger partial charge in [0.15, 0.2) is 0 Å². The van der Waals surface area contributed by atoms with E-state index < -0.39 is 4.92 Å². The van der Waals surface area contributed by atoms with Gasteiger partial charge in [0.2, 0.25) is 0 Å². The summed E-state index contributed by atoms with van der Waals surface area (Å²) in [4.78, 5) is 24.5. The zero-order valence-corrected chi connectivity index (χ0v) is 12.9. The Morgan fingerprint density at radius 3 is 2.45 bits per heavy atom. The maximum absolute atomic E-state index is 12.1. The molecule has 1 heterocycles. The minimum Gasteiger partial charge on any atom is -0.379 e. The zero-order valence-electron chi connectivity index (χ0n) is 12.9. The predicted molar refractivity (Wildman–Crippen MR) is 81.9 cm³/mol. The second-order valence-corrected chi connectivity index (χ2v) is 5.90. The maximum atomic E-state index is 12.1. The molecule has 22 heavy (non-hydrogen) atoms. The molecule has 1 N–H and O–H groups in total. The summed E-state index contributed by atoms with van der Waals surface area (Å²) in [6, 6.07) is 5.61. The first kappa shape index (κ1) is 16.4. The van der Waals surface area contributed by atoms with E-state index in [9.17, 15) is 14.9 Å². The molecule has 0 bridgehead atoms. The fourth-order valence-electron chi connectivity index (χ4n) is 2.41. The monoisotopic (exact) mass is 307 g/mol. The number of non-ortho nitro benzene ring substituents is 1. The number of carbonyl (C=O) groups is 1. The summed E-state index contributed by atoms with van der Waals surface area (Å²) in [6.45, 7) is 7.77. The van der Waals surface area contributed by atoms with Crippen LogP contribution in [0.5, 0.6) is 0 Å². The predicted octanol–water partition coefficient (Wildman–Crippen LogP) is 1.44. The van der Waals surface area contributed by atoms with Gasteiger partial charge in [-0.25, -0.2) is 0 Å². The Morgan fingerprint density at radius 2 is 1.91 bits per heavy atom. The molecule has 0 aromatic heterocycles. The molecule has 1 aromatic carbocycles. The third-order valence-electron chi connectivity index (χ3n) is 3.89. The van der Waals surface area contributed by atoms with Crippen LogP contribution in [0.3, 0.4) is 0 Å². The molecule has 0 unspecified atom stereocenters. The van der Waals surface area contributed by atoms with Gasteiger partial charge < -0.3 is 10.1 Å². The Morgan fingerprint density at radius 1 is 1.32 bits per heavy atom. The molecule has 0 aliphatic carbocycles. The van der Waals surface area contributed by atoms with Crippen molar-refractivity contribution in [2.75, 3.05) is 32.8 Å². The highest BCUT2D eigenvalue weighted by molar-refractivity contribution is 5.94. The molecule has 1 amide bonds. The topological polar surface area (TPSA) is 84.7 Å². The second kappa shape index (κ2) is 6.85. The molecule has 0 spiro atoms. The van der Waals surface area contributed by atoms with Gasteiger partial charge in [-0.1, -0.05) is 0 Å². The molecule has 1 fully saturated rings. The average molecular weight is 307 g/mol. The van der Waals surface area contributed by atoms with Crippen molar-refractivity contribution in [1.29, 1.82) is 0 Å². The number of benzene rings is 1. The summed E-state index contributed by atoms with van der Waals surface area (Å²) in [7, 11) is 0. The van der Waals surface area contributed by atoms with Crippen molar-refractivity contribution in [2.45, 2.75) is 19.4 Å². The highest BCUT2D eigenvalue weighted by Crippen LogP contribution is 2.16. The Balaban J connectivity index is 1.92. The van der Waals surface area contributed by atoms with Gasteiger partial charge >= 0.3 is 0 Å². The van der Waals surface area contributed by atoms with Crippen molar-refractivity contribution in [1.82, 2.24) is 10.2 Å². The molecule has 0 saturated carbocycles. The molecule has 0 radical (unpaired) electrons. The van der Waals surface area contributed by atoms with E-state index in [0.717, 1.165) is 13.1 Å². The summed E-state index contributed by atoms with van der Waals surface area (Å²) in [6.07, 6.45) is 0. The minimum absolute atomic E-state index is 0.0230. The van der Waals surface area contributed by atoms with Crippen LogP contribution in [-0.2, 0) is 4.74 Å². The number of nitro groups is 1. The molecule has 1 aliphatic heterocycles. The van der Waals surface area contributed by atoms with E-state index in [1.54, 1.807) is 0 Å². The lowest BCUT2D eigenvalue weighted by Crippen LogP contribution is -2.55. The quantitative estimate of drug-likeness (QED) is 0.657. The summed E-state index contributed by atoms with van der Waals surface area (Å²) < 4.78 is 5.34. The van der Waals surface area contributed by atoms with E-state index >= 15 is 0 Å². The Hall–Kier alpha value is -1.99. The van der Waals surface area contributed by atoms with Crippen LogP contribution in [0.1, 0.15) is 24.2 Å². The largest absolute Gasteiger partial charge is 0.379 e. The minimum atomic E-state index is -0.483. The third kappa shape index (κ3) is 4.02. The van der Waals surface area contributed by atoms with E-state index in [-0.39, 0.29) is 17.1 Å². The van der Waals surface area contributed by atoms with Crippen molar-refractivity contribution in [3.63, 3.8) is 0 Å². The number of rotatable bonds is 5. The molecule has 7 nitrogen and oxygen atoms in total. The van der Waals surface area contributed by atoms with Gasteiger partial charge in [-0.3, -0.25) is 19.8 Å². The van der Waals surface area contributed by atoms with Gasteiger partial charge in [0, 0.05) is 42.9 Å². The Kier molecular flexibility index (Phi) is 5.10. The summed E-state index contributed by atoms with van der Waals surface area (Å²) in [5, 5.41) is 13.5. The van der Waals surface area contributed by atoms with E-state index in [0.29, 0.717) is 25.3 Å². The molecule has 0 atom stereocenters. The number of ether oxygens (including phenoxy) is 1. The van der Waals surface area contributed by atoms with Crippen molar-refractivity contribution < 1.29 is 14.5 Å². The van der Waals surface area contributed by atoms with Gasteiger partial charge in [-0.15, -0.1) is 0 Å². The van der Waals surface area contributed by atoms with Crippen LogP contribution in [0, 0.1) is 10.1 Å². The van der Waals surface area contributed by atoms with Crippen LogP contribution in [0.25, 0.3) is 0 Å². The van der Waals surface area contributed by atoms with Crippen molar-refractivity contribution in [2.24, 2.45) is 0 Å². The standard InChI is InChI=1S/C15H21N3O4/c1-15(2,17-7-9-22-10-8-17)11-16-14(19)12-3-5-13(6-4-12)18(20)21/h3-6H,7-11H2,1-2H3,(H,16,19). The molecule has 1 aromatic rings. The molecular formula is C15H21N3O4. The summed E-state index contributed by atoms with van der Waals surface area (Å²) >= 11 is 0. The van der Waals surface area contributed by atoms with E-state index in [1.165, 1.54) is 24.3 Å². The lowest BCUT2D eigenvalue weighted by molar-refractivity contribution is -0.384. The van der Waals surface area contributed by atoms with Crippen molar-refractivity contribution in [3.05, 3.63) is 39.9 Å². The van der Waals surface area contributed by atoms with Crippen LogP contribution in [0.2, 0.25) is 0 Å². The van der Waals surface area contributed by atoms with Gasteiger partial charge in [-0.2, -0.15) is 0 Å². The van der Waals surface area contributed by atoms with Crippen molar-refractivity contribution in [3.8, 4) is 0 Å². The Bertz CT molecular complexity index is 536. The lowest BCUT2D eigenvalue weighted by atomic mass is 10.0. The number of morpholine rings is 1. The molecule has 7 heteroatoms. The molecule has 1 saturated heterocycles. The van der Waals surface area contributed by atoms with Crippen LogP contribution in [-0.4, -0.2) is 54.1 Å². The van der Waals surface area contributed by atoms with Crippen molar-refractivity contribution >= 4 is 11.6 Å². The fourth-order valence-corrected chi connectivity index (χ4v) is 2.41. The first-order chi connectivity index (χ1) is 10.4. The van der Waals surface area contributed by atoms with Gasteiger partial charge in [0.05, 0.1) is 18.1 Å². The van der Waals surface area contributed by atoms with Crippen LogP contribution >= 0.6 is 0 Å². The third-order valence-corrected chi connectivity index (χ3v) is 3.89. The maximum Gasteiger partial charge on any atom is 0.269 e. The van der Waals surface area contributed by atoms with Gasteiger partial charge in [-0.05, 0) is 26.0 Å². The molecule has 2 rings (SSSR count). The van der Waals surface area contributed by atoms with E-state index in [1.807, 2.05) is 0 Å². The summed E-state index contributed by atoms with van der Waals surface area (Å²) in [5.74, 6) is -0.226. The fraction of sp³-hybridized carbons (Fsp3) is 0.533. The smallest absolute Gasteiger partial charge is 0.269 e. The molecule has 1 aliphatic rings. The summed E-state index contributed by atoms with van der Waals surface area (Å²) in [5.41, 5.74) is 0.230. The number of hydrogen-bond donors (Lipinski definition) is 1. The first-order valence-electron chi connectivity index (χ1n) is 7.25. The van der Waals surface area contributed by atoms with Crippen LogP contribution < -0.4 is 5.32 Å². The number of amides is 1. The van der Waals surface area contributed by atoms with Crippen LogP contribution in [0.15, 0.2) is 24.3 Å². The number of nitro benzene ring substituents is 1. The SMILES string of the molecule is CC(C)(CNC(=O)c1ccc([N+](=O)[O-])cc1)N1CCOCC1. The molecular weight excluding hydrogens is 286 g/mol. The zero-order chi connectivity index (χ0) is 16.2. The first-order valence-corrected chi connectivity index (χ1v) is 7.25. The number of nitrogens with one attached hydrogen (secondary N) is 1. The van der Waals surface area contributed by atoms with Gasteiger partial charge in [0.25, 0.3) is 11.6 Å². The number of carbonyl (C=O) groups excluding carboxylic acids is 1. The number of hydrogen-bond acceptors (Lipinski definition) is 5. The van der Waals surface area contributed by atoms with Crippen LogP contribution in [0.4, 0.5) is 5.69 Å². The highest BCUT2D eigenvalue weighted by atomic mass is 16.6. The second-order valence-electron chi connectivity index (χ2n) is 5.90. The highest BCUT2D eigenvalue weighted by Gasteiger charge is 2.28. The average Bonchev–Trinajstić information content (AvgIpc) is 2.53. The molecule has 120 valence electrons. The number of nitrogens with zero attached hydrogens (tertiary/aromatic N) is 2.